The van der Waals surface area contributed by atoms with Gasteiger partial charge in [-0.1, -0.05) is 31.9 Å². The van der Waals surface area contributed by atoms with Crippen LogP contribution in [0.3, 0.4) is 0 Å². The van der Waals surface area contributed by atoms with Gasteiger partial charge in [-0.05, 0) is 55.8 Å². The maximum Gasteiger partial charge on any atom is 0.176 e. The van der Waals surface area contributed by atoms with E-state index in [1.165, 1.54) is 49.7 Å². The molecule has 0 amide bonds. The van der Waals surface area contributed by atoms with E-state index in [2.05, 4.69) is 24.0 Å². The Kier molecular flexibility index (Phi) is 4.21. The van der Waals surface area contributed by atoms with Crippen molar-refractivity contribution in [2.75, 3.05) is 13.1 Å². The zero-order valence-corrected chi connectivity index (χ0v) is 12.5. The second-order valence-electron chi connectivity index (χ2n) is 6.26. The molecule has 0 aliphatic heterocycles. The Balaban J connectivity index is 1.68. The Labute approximate surface area is 122 Å². The van der Waals surface area contributed by atoms with Gasteiger partial charge in [-0.25, -0.2) is 0 Å². The molecule has 0 heterocycles. The Morgan fingerprint density at radius 2 is 1.90 bits per heavy atom. The molecule has 0 saturated heterocycles. The topological polar surface area (TPSA) is 20.3 Å². The highest BCUT2D eigenvalue weighted by molar-refractivity contribution is 5.97. The summed E-state index contributed by atoms with van der Waals surface area (Å²) in [6, 6.07) is 6.99. The first kappa shape index (κ1) is 13.8. The van der Waals surface area contributed by atoms with Gasteiger partial charge in [0.1, 0.15) is 0 Å². The fourth-order valence-corrected chi connectivity index (χ4v) is 3.79. The van der Waals surface area contributed by atoms with Crippen molar-refractivity contribution in [1.82, 2.24) is 4.90 Å². The van der Waals surface area contributed by atoms with Gasteiger partial charge in [0.15, 0.2) is 5.78 Å². The molecule has 0 radical (unpaired) electrons. The lowest BCUT2D eigenvalue weighted by Gasteiger charge is -2.26. The molecule has 1 saturated carbocycles. The maximum absolute atomic E-state index is 12.5. The van der Waals surface area contributed by atoms with Crippen molar-refractivity contribution in [2.24, 2.45) is 0 Å². The number of likely N-dealkylation sites (N-methyl/N-ethyl adjacent to an activating group) is 1. The minimum absolute atomic E-state index is 0.299. The molecular formula is C18H25NO. The highest BCUT2D eigenvalue weighted by atomic mass is 16.1. The molecule has 2 heteroatoms. The van der Waals surface area contributed by atoms with Gasteiger partial charge in [-0.2, -0.15) is 0 Å². The summed E-state index contributed by atoms with van der Waals surface area (Å²) in [5.74, 6) is 0.299. The number of Topliss-reactive ketones (excluding diaryl/α,β-unsaturated/α-hetero) is 1. The first-order valence-electron chi connectivity index (χ1n) is 8.17. The van der Waals surface area contributed by atoms with Crippen molar-refractivity contribution in [2.45, 2.75) is 57.9 Å². The van der Waals surface area contributed by atoms with Gasteiger partial charge < -0.3 is 0 Å². The Hall–Kier alpha value is -1.15. The average molecular weight is 271 g/mol. The van der Waals surface area contributed by atoms with Crippen molar-refractivity contribution < 1.29 is 4.79 Å². The number of carbonyl (C=O) groups excluding carboxylic acids is 1. The van der Waals surface area contributed by atoms with Crippen LogP contribution in [-0.4, -0.2) is 29.8 Å². The largest absolute Gasteiger partial charge is 0.293 e. The van der Waals surface area contributed by atoms with Gasteiger partial charge in [-0.15, -0.1) is 0 Å². The molecule has 20 heavy (non-hydrogen) atoms. The van der Waals surface area contributed by atoms with Crippen molar-refractivity contribution >= 4 is 5.78 Å². The highest BCUT2D eigenvalue weighted by Crippen LogP contribution is 2.25. The van der Waals surface area contributed by atoms with Crippen molar-refractivity contribution in [3.8, 4) is 0 Å². The van der Waals surface area contributed by atoms with Crippen LogP contribution in [0.2, 0.25) is 0 Å². The molecule has 0 N–H and O–H groups in total. The molecule has 2 nitrogen and oxygen atoms in total. The standard InChI is InChI=1S/C18H25NO/c1-2-19(17-8-3-4-9-17)13-18(20)16-11-10-14-6-5-7-15(14)12-16/h10-12,17H,2-9,13H2,1H3. The lowest BCUT2D eigenvalue weighted by atomic mass is 10.0. The molecule has 2 aliphatic rings. The SMILES string of the molecule is CCN(CC(=O)c1ccc2c(c1)CCC2)C1CCCC1. The Bertz CT molecular complexity index is 488. The third kappa shape index (κ3) is 2.80. The molecule has 1 aromatic carbocycles. The van der Waals surface area contributed by atoms with Crippen LogP contribution in [0.25, 0.3) is 0 Å². The van der Waals surface area contributed by atoms with E-state index < -0.39 is 0 Å². The highest BCUT2D eigenvalue weighted by Gasteiger charge is 2.23. The normalized spacial score (nSPS) is 18.7. The molecule has 3 rings (SSSR count). The number of nitrogens with zero attached hydrogens (tertiary/aromatic N) is 1. The maximum atomic E-state index is 12.5. The van der Waals surface area contributed by atoms with Crippen LogP contribution in [0.15, 0.2) is 18.2 Å². The number of rotatable bonds is 5. The van der Waals surface area contributed by atoms with E-state index in [1.807, 2.05) is 6.07 Å². The molecular weight excluding hydrogens is 246 g/mol. The van der Waals surface area contributed by atoms with Crippen LogP contribution in [0.1, 0.15) is 60.5 Å². The Morgan fingerprint density at radius 1 is 1.15 bits per heavy atom. The van der Waals surface area contributed by atoms with Gasteiger partial charge >= 0.3 is 0 Å². The molecule has 0 bridgehead atoms. The van der Waals surface area contributed by atoms with E-state index in [0.717, 1.165) is 18.5 Å². The minimum Gasteiger partial charge on any atom is -0.293 e. The molecule has 0 atom stereocenters. The van der Waals surface area contributed by atoms with Gasteiger partial charge in [0.2, 0.25) is 0 Å². The molecule has 0 unspecified atom stereocenters. The number of fused-ring (bicyclic) bond motifs is 1. The fourth-order valence-electron chi connectivity index (χ4n) is 3.79. The number of hydrogen-bond donors (Lipinski definition) is 0. The van der Waals surface area contributed by atoms with E-state index in [1.54, 1.807) is 0 Å². The van der Waals surface area contributed by atoms with Gasteiger partial charge in [0.05, 0.1) is 6.54 Å². The molecule has 0 aromatic heterocycles. The summed E-state index contributed by atoms with van der Waals surface area (Å²) in [4.78, 5) is 14.9. The quantitative estimate of drug-likeness (QED) is 0.762. The summed E-state index contributed by atoms with van der Waals surface area (Å²) >= 11 is 0. The predicted molar refractivity (Wildman–Crippen MR) is 82.3 cm³/mol. The number of carbonyl (C=O) groups is 1. The van der Waals surface area contributed by atoms with Crippen LogP contribution >= 0.6 is 0 Å². The first-order chi connectivity index (χ1) is 9.78. The second-order valence-corrected chi connectivity index (χ2v) is 6.26. The molecule has 108 valence electrons. The fraction of sp³-hybridized carbons (Fsp3) is 0.611. The van der Waals surface area contributed by atoms with Crippen molar-refractivity contribution in [3.05, 3.63) is 34.9 Å². The van der Waals surface area contributed by atoms with Crippen LogP contribution in [0.5, 0.6) is 0 Å². The third-order valence-electron chi connectivity index (χ3n) is 5.01. The molecule has 1 aromatic rings. The average Bonchev–Trinajstić information content (AvgIpc) is 3.14. The molecule has 2 aliphatic carbocycles. The summed E-state index contributed by atoms with van der Waals surface area (Å²) in [5.41, 5.74) is 3.77. The van der Waals surface area contributed by atoms with Crippen LogP contribution in [-0.2, 0) is 12.8 Å². The smallest absolute Gasteiger partial charge is 0.176 e. The number of ketones is 1. The van der Waals surface area contributed by atoms with Crippen molar-refractivity contribution in [1.29, 1.82) is 0 Å². The minimum atomic E-state index is 0.299. The second kappa shape index (κ2) is 6.09. The van der Waals surface area contributed by atoms with E-state index >= 15 is 0 Å². The third-order valence-corrected chi connectivity index (χ3v) is 5.01. The summed E-state index contributed by atoms with van der Waals surface area (Å²) in [6.45, 7) is 3.76. The summed E-state index contributed by atoms with van der Waals surface area (Å²) < 4.78 is 0. The number of benzene rings is 1. The predicted octanol–water partition coefficient (Wildman–Crippen LogP) is 3.62. The van der Waals surface area contributed by atoms with E-state index in [4.69, 9.17) is 0 Å². The van der Waals surface area contributed by atoms with E-state index in [0.29, 0.717) is 18.4 Å². The number of hydrogen-bond acceptors (Lipinski definition) is 2. The summed E-state index contributed by atoms with van der Waals surface area (Å²) in [7, 11) is 0. The van der Waals surface area contributed by atoms with Crippen LogP contribution in [0.4, 0.5) is 0 Å². The van der Waals surface area contributed by atoms with Gasteiger partial charge in [-0.3, -0.25) is 9.69 Å². The monoisotopic (exact) mass is 271 g/mol. The zero-order chi connectivity index (χ0) is 13.9. The lowest BCUT2D eigenvalue weighted by molar-refractivity contribution is 0.0899. The van der Waals surface area contributed by atoms with Gasteiger partial charge in [0, 0.05) is 11.6 Å². The van der Waals surface area contributed by atoms with Crippen LogP contribution < -0.4 is 0 Å². The first-order valence-corrected chi connectivity index (χ1v) is 8.17. The number of aryl methyl sites for hydroxylation is 2. The summed E-state index contributed by atoms with van der Waals surface area (Å²) in [6.07, 6.45) is 8.78. The summed E-state index contributed by atoms with van der Waals surface area (Å²) in [5, 5.41) is 0. The van der Waals surface area contributed by atoms with E-state index in [-0.39, 0.29) is 0 Å². The van der Waals surface area contributed by atoms with Gasteiger partial charge in [0.25, 0.3) is 0 Å². The molecule has 0 spiro atoms. The van der Waals surface area contributed by atoms with E-state index in [9.17, 15) is 4.79 Å². The Morgan fingerprint density at radius 3 is 2.65 bits per heavy atom. The van der Waals surface area contributed by atoms with Crippen molar-refractivity contribution in [3.63, 3.8) is 0 Å². The van der Waals surface area contributed by atoms with Crippen LogP contribution in [0, 0.1) is 0 Å². The molecule has 1 fully saturated rings. The zero-order valence-electron chi connectivity index (χ0n) is 12.5. The lowest BCUT2D eigenvalue weighted by Crippen LogP contribution is -2.37.